The Hall–Kier alpha value is -1.75. The van der Waals surface area contributed by atoms with Crippen molar-refractivity contribution in [2.45, 2.75) is 37.8 Å². The molecule has 5 nitrogen and oxygen atoms in total. The Morgan fingerprint density at radius 3 is 2.40 bits per heavy atom. The fourth-order valence-electron chi connectivity index (χ4n) is 2.51. The zero-order chi connectivity index (χ0) is 14.5. The number of hydrogen-bond acceptors (Lipinski definition) is 4. The van der Waals surface area contributed by atoms with Gasteiger partial charge in [-0.05, 0) is 43.9 Å². The van der Waals surface area contributed by atoms with Crippen LogP contribution in [0.2, 0.25) is 0 Å². The van der Waals surface area contributed by atoms with Crippen LogP contribution in [0.5, 0.6) is 11.5 Å². The summed E-state index contributed by atoms with van der Waals surface area (Å²) in [5.74, 6) is 1.10. The van der Waals surface area contributed by atoms with Crippen molar-refractivity contribution in [3.05, 3.63) is 23.8 Å². The van der Waals surface area contributed by atoms with Gasteiger partial charge in [0.1, 0.15) is 0 Å². The van der Waals surface area contributed by atoms with Gasteiger partial charge in [0.15, 0.2) is 11.5 Å². The molecule has 0 heterocycles. The maximum atomic E-state index is 12.2. The van der Waals surface area contributed by atoms with Crippen LogP contribution in [0.3, 0.4) is 0 Å². The van der Waals surface area contributed by atoms with Crippen molar-refractivity contribution in [2.75, 3.05) is 14.2 Å². The molecule has 5 heteroatoms. The number of amides is 1. The Labute approximate surface area is 119 Å². The number of nitrogens with one attached hydrogen (secondary N) is 1. The Morgan fingerprint density at radius 1 is 1.15 bits per heavy atom. The number of methoxy groups -OCH3 is 2. The second-order valence-electron chi connectivity index (χ2n) is 5.15. The Kier molecular flexibility index (Phi) is 4.84. The maximum Gasteiger partial charge on any atom is 0.251 e. The van der Waals surface area contributed by atoms with Gasteiger partial charge in [-0.3, -0.25) is 4.79 Å². The summed E-state index contributed by atoms with van der Waals surface area (Å²) < 4.78 is 10.4. The van der Waals surface area contributed by atoms with E-state index in [2.05, 4.69) is 5.32 Å². The molecule has 1 fully saturated rings. The van der Waals surface area contributed by atoms with Crippen molar-refractivity contribution in [3.8, 4) is 11.5 Å². The number of rotatable bonds is 4. The molecule has 0 unspecified atom stereocenters. The molecule has 1 saturated carbocycles. The normalized spacial score (nSPS) is 22.1. The standard InChI is InChI=1S/C15H22N2O3/c1-19-13-8-3-10(9-14(13)20-2)15(18)17-12-6-4-11(16)5-7-12/h3,8-9,11-12H,4-7,16H2,1-2H3,(H,17,18). The Morgan fingerprint density at radius 2 is 1.80 bits per heavy atom. The van der Waals surface area contributed by atoms with E-state index in [4.69, 9.17) is 15.2 Å². The molecule has 2 rings (SSSR count). The van der Waals surface area contributed by atoms with Crippen LogP contribution in [0.25, 0.3) is 0 Å². The van der Waals surface area contributed by atoms with E-state index in [0.717, 1.165) is 25.7 Å². The molecule has 1 aliphatic rings. The van der Waals surface area contributed by atoms with E-state index in [1.54, 1.807) is 32.4 Å². The molecule has 0 radical (unpaired) electrons. The monoisotopic (exact) mass is 278 g/mol. The first-order valence-corrected chi connectivity index (χ1v) is 6.92. The lowest BCUT2D eigenvalue weighted by Crippen LogP contribution is -2.40. The average Bonchev–Trinajstić information content (AvgIpc) is 2.48. The third-order valence-electron chi connectivity index (χ3n) is 3.75. The minimum Gasteiger partial charge on any atom is -0.493 e. The van der Waals surface area contributed by atoms with Gasteiger partial charge in [0.05, 0.1) is 14.2 Å². The molecule has 110 valence electrons. The lowest BCUT2D eigenvalue weighted by molar-refractivity contribution is 0.0925. The molecule has 0 spiro atoms. The molecule has 1 aromatic carbocycles. The van der Waals surface area contributed by atoms with Gasteiger partial charge in [-0.15, -0.1) is 0 Å². The molecule has 1 aliphatic carbocycles. The fraction of sp³-hybridized carbons (Fsp3) is 0.533. The maximum absolute atomic E-state index is 12.2. The number of benzene rings is 1. The van der Waals surface area contributed by atoms with Crippen LogP contribution >= 0.6 is 0 Å². The first-order chi connectivity index (χ1) is 9.63. The lowest BCUT2D eigenvalue weighted by Gasteiger charge is -2.26. The minimum atomic E-state index is -0.0774. The van der Waals surface area contributed by atoms with Gasteiger partial charge in [0, 0.05) is 17.6 Å². The number of nitrogens with two attached hydrogens (primary N) is 1. The van der Waals surface area contributed by atoms with E-state index in [-0.39, 0.29) is 18.0 Å². The molecule has 20 heavy (non-hydrogen) atoms. The molecular formula is C15H22N2O3. The number of carbonyl (C=O) groups excluding carboxylic acids is 1. The molecule has 0 bridgehead atoms. The predicted octanol–water partition coefficient (Wildman–Crippen LogP) is 1.70. The van der Waals surface area contributed by atoms with E-state index < -0.39 is 0 Å². The fourth-order valence-corrected chi connectivity index (χ4v) is 2.51. The van der Waals surface area contributed by atoms with E-state index in [1.807, 2.05) is 0 Å². The number of hydrogen-bond donors (Lipinski definition) is 2. The highest BCUT2D eigenvalue weighted by Gasteiger charge is 2.21. The van der Waals surface area contributed by atoms with Crippen molar-refractivity contribution in [1.29, 1.82) is 0 Å². The smallest absolute Gasteiger partial charge is 0.251 e. The number of carbonyl (C=O) groups is 1. The van der Waals surface area contributed by atoms with Crippen LogP contribution in [0.1, 0.15) is 36.0 Å². The highest BCUT2D eigenvalue weighted by Crippen LogP contribution is 2.27. The SMILES string of the molecule is COc1ccc(C(=O)NC2CCC(N)CC2)cc1OC. The molecule has 0 saturated heterocycles. The highest BCUT2D eigenvalue weighted by atomic mass is 16.5. The summed E-state index contributed by atoms with van der Waals surface area (Å²) in [5, 5.41) is 3.05. The van der Waals surface area contributed by atoms with Gasteiger partial charge in [-0.1, -0.05) is 0 Å². The Balaban J connectivity index is 2.02. The van der Waals surface area contributed by atoms with E-state index >= 15 is 0 Å². The van der Waals surface area contributed by atoms with Crippen molar-refractivity contribution in [2.24, 2.45) is 5.73 Å². The molecule has 0 aliphatic heterocycles. The zero-order valence-corrected chi connectivity index (χ0v) is 12.0. The molecular weight excluding hydrogens is 256 g/mol. The van der Waals surface area contributed by atoms with Gasteiger partial charge in [0.2, 0.25) is 0 Å². The van der Waals surface area contributed by atoms with Crippen LogP contribution in [0.4, 0.5) is 0 Å². The molecule has 3 N–H and O–H groups in total. The Bertz CT molecular complexity index is 468. The summed E-state index contributed by atoms with van der Waals surface area (Å²) in [7, 11) is 3.13. The third-order valence-corrected chi connectivity index (χ3v) is 3.75. The molecule has 0 aromatic heterocycles. The van der Waals surface area contributed by atoms with Gasteiger partial charge in [-0.2, -0.15) is 0 Å². The number of ether oxygens (including phenoxy) is 2. The topological polar surface area (TPSA) is 73.6 Å². The average molecular weight is 278 g/mol. The summed E-state index contributed by atoms with van der Waals surface area (Å²) in [6, 6.07) is 5.68. The predicted molar refractivity (Wildman–Crippen MR) is 77.2 cm³/mol. The van der Waals surface area contributed by atoms with E-state index in [1.165, 1.54) is 0 Å². The second-order valence-corrected chi connectivity index (χ2v) is 5.15. The first-order valence-electron chi connectivity index (χ1n) is 6.92. The summed E-state index contributed by atoms with van der Waals surface area (Å²) in [5.41, 5.74) is 6.45. The largest absolute Gasteiger partial charge is 0.493 e. The molecule has 1 amide bonds. The van der Waals surface area contributed by atoms with Crippen LogP contribution < -0.4 is 20.5 Å². The van der Waals surface area contributed by atoms with Crippen molar-refractivity contribution < 1.29 is 14.3 Å². The molecule has 0 atom stereocenters. The molecule has 1 aromatic rings. The van der Waals surface area contributed by atoms with E-state index in [9.17, 15) is 4.79 Å². The van der Waals surface area contributed by atoms with Gasteiger partial charge >= 0.3 is 0 Å². The quantitative estimate of drug-likeness (QED) is 0.879. The van der Waals surface area contributed by atoms with Crippen LogP contribution in [0.15, 0.2) is 18.2 Å². The summed E-state index contributed by atoms with van der Waals surface area (Å²) in [4.78, 5) is 12.2. The van der Waals surface area contributed by atoms with E-state index in [0.29, 0.717) is 17.1 Å². The summed E-state index contributed by atoms with van der Waals surface area (Å²) >= 11 is 0. The lowest BCUT2D eigenvalue weighted by atomic mass is 9.91. The second kappa shape index (κ2) is 6.61. The van der Waals surface area contributed by atoms with Gasteiger partial charge in [0.25, 0.3) is 5.91 Å². The van der Waals surface area contributed by atoms with Crippen LogP contribution in [0, 0.1) is 0 Å². The summed E-state index contributed by atoms with van der Waals surface area (Å²) in [6.45, 7) is 0. The van der Waals surface area contributed by atoms with Gasteiger partial charge in [-0.25, -0.2) is 0 Å². The summed E-state index contributed by atoms with van der Waals surface area (Å²) in [6.07, 6.45) is 3.83. The highest BCUT2D eigenvalue weighted by molar-refractivity contribution is 5.95. The first kappa shape index (κ1) is 14.7. The minimum absolute atomic E-state index is 0.0774. The van der Waals surface area contributed by atoms with Crippen molar-refractivity contribution in [3.63, 3.8) is 0 Å². The zero-order valence-electron chi connectivity index (χ0n) is 12.0. The van der Waals surface area contributed by atoms with Crippen LogP contribution in [-0.4, -0.2) is 32.2 Å². The van der Waals surface area contributed by atoms with Gasteiger partial charge < -0.3 is 20.5 Å². The van der Waals surface area contributed by atoms with Crippen molar-refractivity contribution >= 4 is 5.91 Å². The van der Waals surface area contributed by atoms with Crippen LogP contribution in [-0.2, 0) is 0 Å². The third kappa shape index (κ3) is 3.42. The van der Waals surface area contributed by atoms with Crippen molar-refractivity contribution in [1.82, 2.24) is 5.32 Å².